The fourth-order valence-electron chi connectivity index (χ4n) is 1.68. The van der Waals surface area contributed by atoms with Gasteiger partial charge in [0.15, 0.2) is 6.29 Å². The summed E-state index contributed by atoms with van der Waals surface area (Å²) in [6, 6.07) is 0. The van der Waals surface area contributed by atoms with Gasteiger partial charge in [-0.05, 0) is 12.5 Å². The number of nitrogens with zero attached hydrogens (tertiary/aromatic N) is 2. The third-order valence-corrected chi connectivity index (χ3v) is 3.96. The van der Waals surface area contributed by atoms with E-state index in [1.165, 1.54) is 23.0 Å². The van der Waals surface area contributed by atoms with Crippen LogP contribution in [0.25, 0.3) is 10.2 Å². The average Bonchev–Trinajstić information content (AvgIpc) is 2.61. The molecular weight excluding hydrogens is 228 g/mol. The summed E-state index contributed by atoms with van der Waals surface area (Å²) in [6.45, 7) is 1.72. The van der Waals surface area contributed by atoms with Gasteiger partial charge < -0.3 is 0 Å². The van der Waals surface area contributed by atoms with Gasteiger partial charge in [-0.25, -0.2) is 4.79 Å². The summed E-state index contributed by atoms with van der Waals surface area (Å²) < 4.78 is 2.44. The molecule has 0 unspecified atom stereocenters. The van der Waals surface area contributed by atoms with Crippen molar-refractivity contribution >= 4 is 27.8 Å². The topological polar surface area (TPSA) is 61.1 Å². The predicted octanol–water partition coefficient (Wildman–Crippen LogP) is 0.420. The molecule has 0 aromatic carbocycles. The summed E-state index contributed by atoms with van der Waals surface area (Å²) in [6.07, 6.45) is 0.712. The molecule has 5 nitrogen and oxygen atoms in total. The predicted molar refractivity (Wildman–Crippen MR) is 62.4 cm³/mol. The van der Waals surface area contributed by atoms with Crippen molar-refractivity contribution < 1.29 is 4.79 Å². The van der Waals surface area contributed by atoms with Crippen LogP contribution in [0.3, 0.4) is 0 Å². The van der Waals surface area contributed by atoms with Crippen molar-refractivity contribution in [2.75, 3.05) is 0 Å². The van der Waals surface area contributed by atoms with Crippen LogP contribution >= 0.6 is 11.3 Å². The largest absolute Gasteiger partial charge is 0.331 e. The maximum Gasteiger partial charge on any atom is 0.331 e. The minimum atomic E-state index is -0.379. The van der Waals surface area contributed by atoms with Crippen molar-refractivity contribution in [2.24, 2.45) is 14.1 Å². The molecule has 0 saturated heterocycles. The van der Waals surface area contributed by atoms with E-state index < -0.39 is 0 Å². The van der Waals surface area contributed by atoms with Gasteiger partial charge in [0.05, 0.1) is 10.3 Å². The zero-order chi connectivity index (χ0) is 12.0. The number of carbonyl (C=O) groups is 1. The smallest absolute Gasteiger partial charge is 0.297 e. The first-order valence-corrected chi connectivity index (χ1v) is 5.45. The molecule has 0 atom stereocenters. The second kappa shape index (κ2) is 3.41. The Morgan fingerprint density at radius 2 is 1.81 bits per heavy atom. The second-order valence-corrected chi connectivity index (χ2v) is 4.63. The summed E-state index contributed by atoms with van der Waals surface area (Å²) in [5, 5.41) is 0.455. The molecule has 2 aromatic heterocycles. The van der Waals surface area contributed by atoms with Crippen LogP contribution in [0.2, 0.25) is 0 Å². The summed E-state index contributed by atoms with van der Waals surface area (Å²) >= 11 is 1.17. The van der Waals surface area contributed by atoms with E-state index in [1.54, 1.807) is 14.0 Å². The molecule has 0 N–H and O–H groups in total. The summed E-state index contributed by atoms with van der Waals surface area (Å²) in [4.78, 5) is 35.4. The first-order valence-electron chi connectivity index (χ1n) is 4.63. The standard InChI is InChI=1S/C10H10N2O3S/c1-5-6(4-13)16-9-7(5)8(14)11(2)10(15)12(9)3/h4H,1-3H3. The van der Waals surface area contributed by atoms with Crippen molar-refractivity contribution in [2.45, 2.75) is 6.92 Å². The lowest BCUT2D eigenvalue weighted by Gasteiger charge is -2.02. The van der Waals surface area contributed by atoms with E-state index in [0.717, 1.165) is 4.57 Å². The van der Waals surface area contributed by atoms with Gasteiger partial charge >= 0.3 is 5.69 Å². The number of rotatable bonds is 1. The maximum absolute atomic E-state index is 11.9. The van der Waals surface area contributed by atoms with Crippen molar-refractivity contribution in [3.8, 4) is 0 Å². The number of carbonyl (C=O) groups excluding carboxylic acids is 1. The molecule has 84 valence electrons. The van der Waals surface area contributed by atoms with E-state index in [-0.39, 0.29) is 11.2 Å². The Labute approximate surface area is 94.6 Å². The molecule has 0 fully saturated rings. The van der Waals surface area contributed by atoms with Gasteiger partial charge in [-0.15, -0.1) is 11.3 Å². The highest BCUT2D eigenvalue weighted by molar-refractivity contribution is 7.20. The highest BCUT2D eigenvalue weighted by atomic mass is 32.1. The lowest BCUT2D eigenvalue weighted by Crippen LogP contribution is -2.36. The van der Waals surface area contributed by atoms with Gasteiger partial charge in [-0.1, -0.05) is 0 Å². The van der Waals surface area contributed by atoms with E-state index in [2.05, 4.69) is 0 Å². The Balaban J connectivity index is 3.19. The summed E-state index contributed by atoms with van der Waals surface area (Å²) in [5.41, 5.74) is -0.0812. The maximum atomic E-state index is 11.9. The molecule has 0 radical (unpaired) electrons. The van der Waals surface area contributed by atoms with Crippen LogP contribution in [-0.4, -0.2) is 15.4 Å². The zero-order valence-electron chi connectivity index (χ0n) is 9.10. The summed E-state index contributed by atoms with van der Waals surface area (Å²) in [5.74, 6) is 0. The SMILES string of the molecule is Cc1c(C=O)sc2c1c(=O)n(C)c(=O)n2C. The Bertz CT molecular complexity index is 705. The highest BCUT2D eigenvalue weighted by Crippen LogP contribution is 2.25. The molecule has 0 aliphatic carbocycles. The zero-order valence-corrected chi connectivity index (χ0v) is 9.92. The first kappa shape index (κ1) is 10.8. The number of hydrogen-bond donors (Lipinski definition) is 0. The molecule has 2 heterocycles. The first-order chi connectivity index (χ1) is 7.49. The normalized spacial score (nSPS) is 10.9. The monoisotopic (exact) mass is 238 g/mol. The van der Waals surface area contributed by atoms with Crippen LogP contribution in [0, 0.1) is 6.92 Å². The Hall–Kier alpha value is -1.69. The Morgan fingerprint density at radius 1 is 1.19 bits per heavy atom. The van der Waals surface area contributed by atoms with Gasteiger partial charge in [-0.2, -0.15) is 0 Å². The van der Waals surface area contributed by atoms with Crippen LogP contribution in [0.5, 0.6) is 0 Å². The van der Waals surface area contributed by atoms with Crippen LogP contribution in [-0.2, 0) is 14.1 Å². The van der Waals surface area contributed by atoms with Crippen molar-refractivity contribution in [3.05, 3.63) is 31.3 Å². The molecule has 0 amide bonds. The molecular formula is C10H10N2O3S. The third-order valence-electron chi connectivity index (χ3n) is 2.67. The number of hydrogen-bond acceptors (Lipinski definition) is 4. The van der Waals surface area contributed by atoms with Crippen molar-refractivity contribution in [1.29, 1.82) is 0 Å². The number of aromatic nitrogens is 2. The molecule has 16 heavy (non-hydrogen) atoms. The van der Waals surface area contributed by atoms with Gasteiger partial charge in [0, 0.05) is 14.1 Å². The number of aldehydes is 1. The minimum absolute atomic E-state index is 0.347. The second-order valence-electron chi connectivity index (χ2n) is 3.60. The highest BCUT2D eigenvalue weighted by Gasteiger charge is 2.16. The fraction of sp³-hybridized carbons (Fsp3) is 0.300. The van der Waals surface area contributed by atoms with Crippen molar-refractivity contribution in [3.63, 3.8) is 0 Å². The van der Waals surface area contributed by atoms with Gasteiger partial charge in [0.25, 0.3) is 5.56 Å². The molecule has 2 aromatic rings. The minimum Gasteiger partial charge on any atom is -0.297 e. The van der Waals surface area contributed by atoms with Crippen LogP contribution in [0.1, 0.15) is 15.2 Å². The van der Waals surface area contributed by atoms with Gasteiger partial charge in [-0.3, -0.25) is 18.7 Å². The lowest BCUT2D eigenvalue weighted by atomic mass is 10.2. The third kappa shape index (κ3) is 1.19. The van der Waals surface area contributed by atoms with E-state index in [9.17, 15) is 14.4 Å². The van der Waals surface area contributed by atoms with E-state index >= 15 is 0 Å². The van der Waals surface area contributed by atoms with Crippen LogP contribution < -0.4 is 11.2 Å². The number of aryl methyl sites for hydroxylation is 2. The van der Waals surface area contributed by atoms with E-state index in [1.807, 2.05) is 0 Å². The number of fused-ring (bicyclic) bond motifs is 1. The molecule has 0 saturated carbocycles. The van der Waals surface area contributed by atoms with Crippen LogP contribution in [0.4, 0.5) is 0 Å². The number of thiophene rings is 1. The molecule has 2 rings (SSSR count). The van der Waals surface area contributed by atoms with Gasteiger partial charge in [0.2, 0.25) is 0 Å². The lowest BCUT2D eigenvalue weighted by molar-refractivity contribution is 0.112. The Kier molecular flexibility index (Phi) is 2.31. The Morgan fingerprint density at radius 3 is 2.38 bits per heavy atom. The van der Waals surface area contributed by atoms with Gasteiger partial charge in [0.1, 0.15) is 4.83 Å². The fourth-order valence-corrected chi connectivity index (χ4v) is 2.75. The molecule has 0 bridgehead atoms. The van der Waals surface area contributed by atoms with Crippen molar-refractivity contribution in [1.82, 2.24) is 9.13 Å². The van der Waals surface area contributed by atoms with E-state index in [4.69, 9.17) is 0 Å². The molecule has 0 aliphatic rings. The van der Waals surface area contributed by atoms with Crippen LogP contribution in [0.15, 0.2) is 9.59 Å². The average molecular weight is 238 g/mol. The molecule has 0 aliphatic heterocycles. The summed E-state index contributed by atoms with van der Waals surface area (Å²) in [7, 11) is 3.02. The molecule has 6 heteroatoms. The van der Waals surface area contributed by atoms with E-state index in [0.29, 0.717) is 26.9 Å². The molecule has 0 spiro atoms. The quantitative estimate of drug-likeness (QED) is 0.676.